The van der Waals surface area contributed by atoms with Crippen molar-refractivity contribution >= 4 is 11.9 Å². The van der Waals surface area contributed by atoms with Crippen LogP contribution in [0.15, 0.2) is 12.2 Å². The molecule has 2 aliphatic rings. The quantitative estimate of drug-likeness (QED) is 0.413. The van der Waals surface area contributed by atoms with E-state index in [1.165, 1.54) is 0 Å². The number of nitrogens with one attached hydrogen (secondary N) is 1. The van der Waals surface area contributed by atoms with Gasteiger partial charge in [-0.1, -0.05) is 25.5 Å². The SMILES string of the molecule is CC=C[C@@H]1C[C@H](C(=O)O)N(CC(O)CCC)C1.O=C1CC(O)N1. The van der Waals surface area contributed by atoms with Crippen LogP contribution in [0, 0.1) is 5.92 Å². The number of β-amino-alcohol motifs (C(OH)–C–C–N with tert-alkyl or cyclic N) is 1. The molecule has 2 heterocycles. The summed E-state index contributed by atoms with van der Waals surface area (Å²) >= 11 is 0. The van der Waals surface area contributed by atoms with Crippen molar-refractivity contribution in [3.63, 3.8) is 0 Å². The van der Waals surface area contributed by atoms with Gasteiger partial charge in [0.05, 0.1) is 12.5 Å². The summed E-state index contributed by atoms with van der Waals surface area (Å²) in [6.07, 6.45) is 5.64. The number of nitrogens with zero attached hydrogens (tertiary/aromatic N) is 1. The zero-order chi connectivity index (χ0) is 17.4. The van der Waals surface area contributed by atoms with Crippen LogP contribution in [0.3, 0.4) is 0 Å². The maximum Gasteiger partial charge on any atom is 0.320 e. The molecule has 0 aromatic rings. The number of hydrogen-bond donors (Lipinski definition) is 4. The van der Waals surface area contributed by atoms with Gasteiger partial charge in [-0.2, -0.15) is 0 Å². The molecule has 0 aromatic carbocycles. The maximum absolute atomic E-state index is 11.2. The Morgan fingerprint density at radius 1 is 1.52 bits per heavy atom. The van der Waals surface area contributed by atoms with Gasteiger partial charge >= 0.3 is 5.97 Å². The van der Waals surface area contributed by atoms with Gasteiger partial charge in [-0.05, 0) is 25.7 Å². The summed E-state index contributed by atoms with van der Waals surface area (Å²) in [7, 11) is 0. The van der Waals surface area contributed by atoms with Gasteiger partial charge in [0.25, 0.3) is 0 Å². The molecule has 23 heavy (non-hydrogen) atoms. The number of rotatable bonds is 6. The second-order valence-electron chi connectivity index (χ2n) is 6.06. The molecule has 2 fully saturated rings. The lowest BCUT2D eigenvalue weighted by molar-refractivity contribution is -0.142. The first kappa shape index (κ1) is 19.6. The second kappa shape index (κ2) is 9.64. The second-order valence-corrected chi connectivity index (χ2v) is 6.06. The van der Waals surface area contributed by atoms with Crippen molar-refractivity contribution in [2.75, 3.05) is 13.1 Å². The molecule has 2 aliphatic heterocycles. The van der Waals surface area contributed by atoms with Crippen LogP contribution < -0.4 is 5.32 Å². The van der Waals surface area contributed by atoms with Crippen molar-refractivity contribution < 1.29 is 24.9 Å². The zero-order valence-electron chi connectivity index (χ0n) is 13.8. The minimum atomic E-state index is -0.777. The highest BCUT2D eigenvalue weighted by Gasteiger charge is 2.36. The van der Waals surface area contributed by atoms with Gasteiger partial charge in [-0.25, -0.2) is 0 Å². The van der Waals surface area contributed by atoms with E-state index in [2.05, 4.69) is 11.4 Å². The summed E-state index contributed by atoms with van der Waals surface area (Å²) in [5.74, 6) is -0.543. The Balaban J connectivity index is 0.000000366. The highest BCUT2D eigenvalue weighted by atomic mass is 16.4. The fourth-order valence-corrected chi connectivity index (χ4v) is 2.84. The third-order valence-electron chi connectivity index (χ3n) is 3.96. The minimum absolute atomic E-state index is 0.0671. The number of carboxylic acid groups (broad SMARTS) is 1. The number of hydrogen-bond acceptors (Lipinski definition) is 5. The van der Waals surface area contributed by atoms with Crippen molar-refractivity contribution in [3.05, 3.63) is 12.2 Å². The molecule has 2 saturated heterocycles. The molecule has 0 aromatic heterocycles. The largest absolute Gasteiger partial charge is 0.480 e. The number of β-lactam (4-membered cyclic amide) rings is 1. The van der Waals surface area contributed by atoms with Crippen molar-refractivity contribution in [1.82, 2.24) is 10.2 Å². The van der Waals surface area contributed by atoms with E-state index in [-0.39, 0.29) is 12.3 Å². The maximum atomic E-state index is 11.2. The Bertz CT molecular complexity index is 419. The molecule has 132 valence electrons. The average Bonchev–Trinajstić information content (AvgIpc) is 2.82. The fraction of sp³-hybridized carbons (Fsp3) is 0.750. The number of aliphatic carboxylic acids is 1. The van der Waals surface area contributed by atoms with Gasteiger partial charge in [-0.3, -0.25) is 14.5 Å². The van der Waals surface area contributed by atoms with E-state index in [0.717, 1.165) is 19.4 Å². The Morgan fingerprint density at radius 2 is 2.17 bits per heavy atom. The summed E-state index contributed by atoms with van der Waals surface area (Å²) in [5.41, 5.74) is 0. The number of aliphatic hydroxyl groups excluding tert-OH is 2. The van der Waals surface area contributed by atoms with Crippen molar-refractivity contribution in [2.45, 2.75) is 57.9 Å². The molecular weight excluding hydrogens is 300 g/mol. The zero-order valence-corrected chi connectivity index (χ0v) is 13.8. The van der Waals surface area contributed by atoms with Crippen LogP contribution in [-0.2, 0) is 9.59 Å². The van der Waals surface area contributed by atoms with Crippen LogP contribution >= 0.6 is 0 Å². The van der Waals surface area contributed by atoms with Gasteiger partial charge in [-0.15, -0.1) is 0 Å². The summed E-state index contributed by atoms with van der Waals surface area (Å²) in [5, 5.41) is 29.4. The molecule has 4 atom stereocenters. The first-order valence-corrected chi connectivity index (χ1v) is 8.12. The molecule has 0 saturated carbocycles. The normalized spacial score (nSPS) is 28.7. The lowest BCUT2D eigenvalue weighted by Gasteiger charge is -2.23. The van der Waals surface area contributed by atoms with Crippen LogP contribution in [0.4, 0.5) is 0 Å². The third-order valence-corrected chi connectivity index (χ3v) is 3.96. The van der Waals surface area contributed by atoms with E-state index in [9.17, 15) is 14.7 Å². The van der Waals surface area contributed by atoms with Crippen LogP contribution in [0.2, 0.25) is 0 Å². The molecule has 1 amide bonds. The molecular formula is C16H28N2O5. The number of carbonyl (C=O) groups is 2. The standard InChI is InChI=1S/C13H23NO3.C3H5NO2/c1-3-5-10-7-12(13(16)17)14(8-10)9-11(15)6-4-2;5-2-1-3(6)4-2/h3,5,10-12,15H,4,6-9H2,1-2H3,(H,16,17);2,5H,1H2,(H,4,6)/t10-,11?,12-;/m1./s1. The highest BCUT2D eigenvalue weighted by Crippen LogP contribution is 2.25. The summed E-state index contributed by atoms with van der Waals surface area (Å²) in [4.78, 5) is 22.9. The Hall–Kier alpha value is -1.44. The molecule has 0 aliphatic carbocycles. The monoisotopic (exact) mass is 328 g/mol. The van der Waals surface area contributed by atoms with Crippen LogP contribution in [-0.4, -0.2) is 63.6 Å². The predicted octanol–water partition coefficient (Wildman–Crippen LogP) is 0.323. The fourth-order valence-electron chi connectivity index (χ4n) is 2.84. The van der Waals surface area contributed by atoms with E-state index in [4.69, 9.17) is 10.2 Å². The summed E-state index contributed by atoms with van der Waals surface area (Å²) < 4.78 is 0. The Kier molecular flexibility index (Phi) is 8.22. The number of aliphatic hydroxyl groups is 2. The molecule has 0 spiro atoms. The van der Waals surface area contributed by atoms with E-state index in [0.29, 0.717) is 18.9 Å². The molecule has 7 nitrogen and oxygen atoms in total. The lowest BCUT2D eigenvalue weighted by atomic mass is 10.1. The van der Waals surface area contributed by atoms with Crippen molar-refractivity contribution in [2.24, 2.45) is 5.92 Å². The van der Waals surface area contributed by atoms with E-state index in [1.807, 2.05) is 24.8 Å². The van der Waals surface area contributed by atoms with Gasteiger partial charge in [0.1, 0.15) is 12.3 Å². The topological polar surface area (TPSA) is 110 Å². The van der Waals surface area contributed by atoms with Crippen molar-refractivity contribution in [3.8, 4) is 0 Å². The first-order chi connectivity index (χ1) is 10.9. The van der Waals surface area contributed by atoms with Crippen LogP contribution in [0.5, 0.6) is 0 Å². The molecule has 0 radical (unpaired) electrons. The van der Waals surface area contributed by atoms with Crippen LogP contribution in [0.25, 0.3) is 0 Å². The molecule has 2 rings (SSSR count). The summed E-state index contributed by atoms with van der Waals surface area (Å²) in [6.45, 7) is 5.18. The highest BCUT2D eigenvalue weighted by molar-refractivity contribution is 5.82. The minimum Gasteiger partial charge on any atom is -0.480 e. The summed E-state index contributed by atoms with van der Waals surface area (Å²) in [6, 6.07) is -0.442. The van der Waals surface area contributed by atoms with E-state index < -0.39 is 24.3 Å². The number of amides is 1. The smallest absolute Gasteiger partial charge is 0.320 e. The molecule has 7 heteroatoms. The molecule has 0 bridgehead atoms. The van der Waals surface area contributed by atoms with Gasteiger partial charge < -0.3 is 20.6 Å². The molecule has 4 N–H and O–H groups in total. The third kappa shape index (κ3) is 6.68. The Morgan fingerprint density at radius 3 is 2.57 bits per heavy atom. The number of allylic oxidation sites excluding steroid dienone is 1. The van der Waals surface area contributed by atoms with Crippen LogP contribution in [0.1, 0.15) is 39.5 Å². The number of carbonyl (C=O) groups excluding carboxylic acids is 1. The lowest BCUT2D eigenvalue weighted by Crippen LogP contribution is -2.48. The van der Waals surface area contributed by atoms with E-state index >= 15 is 0 Å². The first-order valence-electron chi connectivity index (χ1n) is 8.12. The molecule has 2 unspecified atom stereocenters. The van der Waals surface area contributed by atoms with Gasteiger partial charge in [0.15, 0.2) is 0 Å². The van der Waals surface area contributed by atoms with Crippen molar-refractivity contribution in [1.29, 1.82) is 0 Å². The number of likely N-dealkylation sites (tertiary alicyclic amines) is 1. The van der Waals surface area contributed by atoms with Gasteiger partial charge in [0.2, 0.25) is 5.91 Å². The Labute approximate surface area is 137 Å². The number of carboxylic acids is 1. The van der Waals surface area contributed by atoms with E-state index in [1.54, 1.807) is 0 Å². The van der Waals surface area contributed by atoms with Gasteiger partial charge in [0, 0.05) is 13.1 Å². The predicted molar refractivity (Wildman–Crippen MR) is 85.6 cm³/mol. The average molecular weight is 328 g/mol.